The van der Waals surface area contributed by atoms with Gasteiger partial charge >= 0.3 is 0 Å². The van der Waals surface area contributed by atoms with E-state index in [0.717, 1.165) is 16.2 Å². The number of unbranched alkanes of at least 4 members (excludes halogenated alkanes) is 3. The Morgan fingerprint density at radius 1 is 0.376 bits per heavy atom. The molecular weight excluding hydrogens is 1400 g/mol. The predicted octanol–water partition coefficient (Wildman–Crippen LogP) is -2.62. The lowest BCUT2D eigenvalue weighted by molar-refractivity contribution is -0.136. The monoisotopic (exact) mass is 1510 g/mol. The van der Waals surface area contributed by atoms with Crippen LogP contribution in [-0.2, 0) is 86.4 Å². The Balaban J connectivity index is 1.43. The fraction of sp³-hybridized carbons (Fsp3) is 0.474. The molecule has 14 amide bonds. The zero-order chi connectivity index (χ0) is 80.1. The van der Waals surface area contributed by atoms with E-state index in [0.29, 0.717) is 67.1 Å². The molecule has 5 rings (SSSR count). The van der Waals surface area contributed by atoms with Gasteiger partial charge in [0.15, 0.2) is 0 Å². The molecule has 33 nitrogen and oxygen atoms in total. The van der Waals surface area contributed by atoms with Gasteiger partial charge in [0.25, 0.3) is 0 Å². The first kappa shape index (κ1) is 88.6. The molecule has 11 atom stereocenters. The quantitative estimate of drug-likeness (QED) is 0.0177. The Morgan fingerprint density at radius 2 is 0.780 bits per heavy atom. The highest BCUT2D eigenvalue weighted by molar-refractivity contribution is 6.01. The summed E-state index contributed by atoms with van der Waals surface area (Å²) in [6.45, 7) is 4.24. The van der Waals surface area contributed by atoms with Crippen LogP contribution in [-0.4, -0.2) is 187 Å². The number of fused-ring (bicyclic) bond motifs is 2. The largest absolute Gasteiger partial charge is 0.394 e. The Labute approximate surface area is 633 Å². The van der Waals surface area contributed by atoms with Crippen LogP contribution in [0.5, 0.6) is 0 Å². The number of rotatable bonds is 49. The van der Waals surface area contributed by atoms with Crippen LogP contribution in [0.25, 0.3) is 21.5 Å². The number of hydrogen-bond donors (Lipinski definition) is 19. The van der Waals surface area contributed by atoms with Gasteiger partial charge in [-0.3, -0.25) is 67.1 Å². The fourth-order valence-corrected chi connectivity index (χ4v) is 12.0. The second-order valence-electron chi connectivity index (χ2n) is 27.3. The maximum absolute atomic E-state index is 15.0. The number of nitrogens with two attached hydrogens (primary N) is 7. The fourth-order valence-electron chi connectivity index (χ4n) is 12.0. The van der Waals surface area contributed by atoms with Crippen molar-refractivity contribution in [3.05, 3.63) is 132 Å². The average Bonchev–Trinajstić information content (AvgIpc) is 0.821. The Morgan fingerprint density at radius 3 is 1.27 bits per heavy atom. The minimum atomic E-state index is -1.82. The van der Waals surface area contributed by atoms with Crippen LogP contribution in [0.4, 0.5) is 0 Å². The zero-order valence-electron chi connectivity index (χ0n) is 62.0. The summed E-state index contributed by atoms with van der Waals surface area (Å²) >= 11 is 0. The SMILES string of the molecule is CC(C)C[C@H](NC(=O)[C@@H](N)CCCCN)C(=O)N[C@@H](Cc1ccccc1)C(=O)N[C@@H](CC(N)=O)C(=O)N[C@@H](Cc1cccc2ccccc12)C(=O)N[C@@H](CCC(N)=O)C(=O)N[C@@H](C)C(=O)N[C@@H](CCCCN)C(=O)N[C@@H](Cc1cccc2ccccc12)C(=O)N[C@@H](CCCCN)C(=O)NCC(=O)N[C@@H](CO)C(N)=O. The summed E-state index contributed by atoms with van der Waals surface area (Å²) < 4.78 is 0. The topological polar surface area (TPSA) is 574 Å². The number of nitrogens with one attached hydrogen (secondary N) is 11. The van der Waals surface area contributed by atoms with E-state index in [1.165, 1.54) is 6.92 Å². The molecule has 5 aromatic carbocycles. The van der Waals surface area contributed by atoms with E-state index in [2.05, 4.69) is 58.5 Å². The number of benzene rings is 5. The summed E-state index contributed by atoms with van der Waals surface area (Å²) in [6, 6.07) is 17.5. The second kappa shape index (κ2) is 46.3. The van der Waals surface area contributed by atoms with Crippen molar-refractivity contribution in [2.45, 2.75) is 190 Å². The third kappa shape index (κ3) is 30.3. The van der Waals surface area contributed by atoms with Gasteiger partial charge in [0.05, 0.1) is 25.6 Å². The third-order valence-corrected chi connectivity index (χ3v) is 18.0. The van der Waals surface area contributed by atoms with E-state index in [9.17, 15) is 67.4 Å². The first-order chi connectivity index (χ1) is 52.0. The maximum atomic E-state index is 15.0. The van der Waals surface area contributed by atoms with Gasteiger partial charge in [0, 0.05) is 25.7 Å². The zero-order valence-corrected chi connectivity index (χ0v) is 62.0. The normalized spacial score (nSPS) is 14.2. The van der Waals surface area contributed by atoms with Crippen LogP contribution in [0.1, 0.15) is 121 Å². The number of carbonyl (C=O) groups is 14. The summed E-state index contributed by atoms with van der Waals surface area (Å²) in [4.78, 5) is 194. The van der Waals surface area contributed by atoms with Crippen molar-refractivity contribution in [1.29, 1.82) is 0 Å². The van der Waals surface area contributed by atoms with E-state index < -0.39 is 182 Å². The molecule has 0 aromatic heterocycles. The number of primary amides is 3. The van der Waals surface area contributed by atoms with Crippen LogP contribution >= 0.6 is 0 Å². The van der Waals surface area contributed by atoms with E-state index in [-0.39, 0.29) is 64.0 Å². The second-order valence-corrected chi connectivity index (χ2v) is 27.3. The van der Waals surface area contributed by atoms with Crippen molar-refractivity contribution in [1.82, 2.24) is 58.5 Å². The summed E-state index contributed by atoms with van der Waals surface area (Å²) in [5.74, 6) is -13.0. The minimum absolute atomic E-state index is 0.0168. The molecule has 0 aliphatic rings. The van der Waals surface area contributed by atoms with Gasteiger partial charge in [-0.1, -0.05) is 136 Å². The minimum Gasteiger partial charge on any atom is -0.394 e. The third-order valence-electron chi connectivity index (χ3n) is 18.0. The molecule has 0 spiro atoms. The van der Waals surface area contributed by atoms with Gasteiger partial charge in [-0.2, -0.15) is 0 Å². The van der Waals surface area contributed by atoms with Crippen molar-refractivity contribution in [2.24, 2.45) is 46.1 Å². The standard InChI is InChI=1S/C76H108N18O15/c1-44(2)37-57(90-68(101)53(80)29-11-14-34-77)72(105)91-58(38-46-19-5-4-6-20-46)73(106)94-61(41-64(82)97)76(109)93-60(40-50-26-18-24-48-22-8-10-28-52(48)50)75(108)89-56(32-33-63(81)96)70(103)85-45(3)67(100)87-55(31-13-16-36-79)71(104)92-59(39-49-25-17-23-47-21-7-9-27-51(47)49)74(107)88-54(30-12-15-35-78)69(102)84-42-65(98)86-62(43-95)66(83)99/h4-10,17-28,44-45,53-62,95H,11-16,29-43,77-80H2,1-3H3,(H2,81,96)(H2,82,97)(H2,83,99)(H,84,102)(H,85,103)(H,86,98)(H,87,100)(H,88,107)(H,89,108)(H,90,101)(H,91,105)(H,92,104)(H,93,109)(H,94,106)/t45-,53-,54-,55-,56-,57-,58-,59-,60-,61-,62-/m0/s1. The van der Waals surface area contributed by atoms with E-state index in [1.807, 2.05) is 50.2 Å². The van der Waals surface area contributed by atoms with E-state index >= 15 is 4.79 Å². The lowest BCUT2D eigenvalue weighted by Crippen LogP contribution is -2.61. The molecule has 0 saturated carbocycles. The molecule has 26 N–H and O–H groups in total. The smallest absolute Gasteiger partial charge is 0.243 e. The van der Waals surface area contributed by atoms with Crippen molar-refractivity contribution in [2.75, 3.05) is 32.8 Å². The van der Waals surface area contributed by atoms with Crippen LogP contribution in [0.15, 0.2) is 115 Å². The lowest BCUT2D eigenvalue weighted by atomic mass is 9.97. The van der Waals surface area contributed by atoms with Crippen LogP contribution in [0.2, 0.25) is 0 Å². The Kier molecular flexibility index (Phi) is 37.6. The average molecular weight is 1510 g/mol. The first-order valence-corrected chi connectivity index (χ1v) is 36.7. The molecule has 0 fully saturated rings. The van der Waals surface area contributed by atoms with Gasteiger partial charge in [0.1, 0.15) is 60.4 Å². The molecule has 0 aliphatic carbocycles. The number of carbonyl (C=O) groups excluding carboxylic acids is 14. The molecule has 0 radical (unpaired) electrons. The molecule has 592 valence electrons. The maximum Gasteiger partial charge on any atom is 0.243 e. The number of amides is 14. The molecule has 5 aromatic rings. The molecule has 0 heterocycles. The molecule has 0 unspecified atom stereocenters. The van der Waals surface area contributed by atoms with Crippen molar-refractivity contribution < 1.29 is 72.2 Å². The van der Waals surface area contributed by atoms with Crippen molar-refractivity contribution >= 4 is 104 Å². The van der Waals surface area contributed by atoms with Gasteiger partial charge in [-0.25, -0.2) is 0 Å². The number of aliphatic hydroxyl groups is 1. The highest BCUT2D eigenvalue weighted by Crippen LogP contribution is 2.23. The predicted molar refractivity (Wildman–Crippen MR) is 408 cm³/mol. The van der Waals surface area contributed by atoms with Gasteiger partial charge in [-0.05, 0) is 135 Å². The molecule has 33 heteroatoms. The highest BCUT2D eigenvalue weighted by Gasteiger charge is 2.37. The van der Waals surface area contributed by atoms with Crippen molar-refractivity contribution in [3.63, 3.8) is 0 Å². The van der Waals surface area contributed by atoms with E-state index in [1.54, 1.807) is 78.9 Å². The molecule has 109 heavy (non-hydrogen) atoms. The van der Waals surface area contributed by atoms with Crippen LogP contribution in [0, 0.1) is 5.92 Å². The van der Waals surface area contributed by atoms with Gasteiger partial charge < -0.3 is 104 Å². The molecule has 0 saturated heterocycles. The lowest BCUT2D eigenvalue weighted by Gasteiger charge is -2.28. The van der Waals surface area contributed by atoms with Gasteiger partial charge in [-0.15, -0.1) is 0 Å². The summed E-state index contributed by atoms with van der Waals surface area (Å²) in [5, 5.41) is 40.9. The van der Waals surface area contributed by atoms with Gasteiger partial charge in [0.2, 0.25) is 82.7 Å². The first-order valence-electron chi connectivity index (χ1n) is 36.7. The Bertz CT molecular complexity index is 3910. The van der Waals surface area contributed by atoms with Crippen LogP contribution < -0.4 is 98.6 Å². The van der Waals surface area contributed by atoms with Crippen LogP contribution in [0.3, 0.4) is 0 Å². The molecular formula is C76H108N18O15. The van der Waals surface area contributed by atoms with Crippen molar-refractivity contribution in [3.8, 4) is 0 Å². The number of aliphatic hydroxyl groups excluding tert-OH is 1. The highest BCUT2D eigenvalue weighted by atomic mass is 16.3. The summed E-state index contributed by atoms with van der Waals surface area (Å²) in [6.07, 6.45) is 0.540. The summed E-state index contributed by atoms with van der Waals surface area (Å²) in [7, 11) is 0. The summed E-state index contributed by atoms with van der Waals surface area (Å²) in [5.41, 5.74) is 41.7. The number of hydrogen-bond acceptors (Lipinski definition) is 19. The van der Waals surface area contributed by atoms with E-state index in [4.69, 9.17) is 40.1 Å². The Hall–Kier alpha value is -11.0. The molecule has 0 bridgehead atoms. The molecule has 0 aliphatic heterocycles.